The summed E-state index contributed by atoms with van der Waals surface area (Å²) in [6, 6.07) is 12.7. The molecular formula is C32H43NO11. The first-order valence-corrected chi connectivity index (χ1v) is 14.6. The minimum Gasteiger partial charge on any atom is -0.468 e. The summed E-state index contributed by atoms with van der Waals surface area (Å²) >= 11 is 0. The maximum absolute atomic E-state index is 12.9. The Morgan fingerprint density at radius 1 is 0.727 bits per heavy atom. The quantitative estimate of drug-likeness (QED) is 0.131. The first-order chi connectivity index (χ1) is 20.9. The molecule has 0 radical (unpaired) electrons. The van der Waals surface area contributed by atoms with E-state index in [4.69, 9.17) is 38.9 Å². The highest BCUT2D eigenvalue weighted by Crippen LogP contribution is 2.32. The van der Waals surface area contributed by atoms with E-state index in [1.807, 2.05) is 13.8 Å². The van der Waals surface area contributed by atoms with E-state index in [-0.39, 0.29) is 36.2 Å². The summed E-state index contributed by atoms with van der Waals surface area (Å²) in [5.74, 6) is -0.742. The number of methoxy groups -OCH3 is 1. The highest BCUT2D eigenvalue weighted by atomic mass is 16.8. The lowest BCUT2D eigenvalue weighted by Crippen LogP contribution is -2.53. The van der Waals surface area contributed by atoms with Crippen LogP contribution in [0.5, 0.6) is 17.2 Å². The van der Waals surface area contributed by atoms with Crippen LogP contribution >= 0.6 is 0 Å². The molecule has 12 heteroatoms. The van der Waals surface area contributed by atoms with E-state index >= 15 is 0 Å². The third kappa shape index (κ3) is 12.1. The van der Waals surface area contributed by atoms with Crippen molar-refractivity contribution in [2.75, 3.05) is 7.11 Å². The Kier molecular flexibility index (Phi) is 14.4. The summed E-state index contributed by atoms with van der Waals surface area (Å²) in [6.45, 7) is 8.92. The van der Waals surface area contributed by atoms with Gasteiger partial charge in [0.25, 0.3) is 0 Å². The Balaban J connectivity index is 2.27. The number of para-hydroxylation sites is 1. The SMILES string of the molecule is CCCC(C)OC(=O)Oc1ccc(CC(N)(C[C@H](C)OC(=O)Oc2ccccc2)C(=O)OC)cc1OC(=O)OC(C)CCC. The first-order valence-electron chi connectivity index (χ1n) is 14.6. The molecular weight excluding hydrogens is 574 g/mol. The molecule has 2 N–H and O–H groups in total. The number of hydrogen-bond donors (Lipinski definition) is 1. The van der Waals surface area contributed by atoms with Crippen LogP contribution in [0.25, 0.3) is 0 Å². The van der Waals surface area contributed by atoms with Crippen LogP contribution in [0.15, 0.2) is 48.5 Å². The molecule has 2 rings (SSSR count). The fourth-order valence-corrected chi connectivity index (χ4v) is 4.44. The molecule has 0 spiro atoms. The highest BCUT2D eigenvalue weighted by molar-refractivity contribution is 5.81. The fourth-order valence-electron chi connectivity index (χ4n) is 4.44. The molecule has 0 aromatic heterocycles. The molecule has 0 aliphatic heterocycles. The summed E-state index contributed by atoms with van der Waals surface area (Å²) in [5, 5.41) is 0. The van der Waals surface area contributed by atoms with Gasteiger partial charge in [-0.2, -0.15) is 0 Å². The topological polar surface area (TPSA) is 159 Å². The van der Waals surface area contributed by atoms with Gasteiger partial charge in [-0.15, -0.1) is 0 Å². The molecule has 2 aromatic carbocycles. The van der Waals surface area contributed by atoms with Gasteiger partial charge in [-0.1, -0.05) is 51.0 Å². The predicted molar refractivity (Wildman–Crippen MR) is 160 cm³/mol. The minimum absolute atomic E-state index is 0.108. The van der Waals surface area contributed by atoms with Gasteiger partial charge in [0.15, 0.2) is 11.5 Å². The van der Waals surface area contributed by atoms with Crippen LogP contribution < -0.4 is 19.9 Å². The molecule has 2 aromatic rings. The third-order valence-electron chi connectivity index (χ3n) is 6.38. The number of rotatable bonds is 15. The number of carbonyl (C=O) groups is 4. The number of carbonyl (C=O) groups excluding carboxylic acids is 4. The van der Waals surface area contributed by atoms with Crippen molar-refractivity contribution >= 4 is 24.4 Å². The Morgan fingerprint density at radius 3 is 1.80 bits per heavy atom. The number of esters is 1. The molecule has 0 aliphatic carbocycles. The zero-order valence-electron chi connectivity index (χ0n) is 26.2. The van der Waals surface area contributed by atoms with Gasteiger partial charge in [0.1, 0.15) is 29.6 Å². The van der Waals surface area contributed by atoms with Gasteiger partial charge in [-0.05, 0) is 63.4 Å². The van der Waals surface area contributed by atoms with Crippen molar-refractivity contribution in [2.45, 2.75) is 97.0 Å². The molecule has 0 fully saturated rings. The van der Waals surface area contributed by atoms with Crippen molar-refractivity contribution in [3.8, 4) is 17.2 Å². The summed E-state index contributed by atoms with van der Waals surface area (Å²) in [6.07, 6.45) is -2.03. The van der Waals surface area contributed by atoms with Crippen LogP contribution in [0.4, 0.5) is 14.4 Å². The molecule has 44 heavy (non-hydrogen) atoms. The molecule has 0 saturated carbocycles. The summed E-state index contributed by atoms with van der Waals surface area (Å²) in [7, 11) is 1.18. The molecule has 4 atom stereocenters. The van der Waals surface area contributed by atoms with E-state index in [0.29, 0.717) is 18.4 Å². The standard InChI is InChI=1S/C32H43NO11/c1-7-12-21(3)39-30(36)43-26-17-16-24(18-27(26)44-31(37)40-22(4)13-8-2)20-32(33,28(34)38-6)19-23(5)41-29(35)42-25-14-10-9-11-15-25/h9-11,14-18,21-23H,7-8,12-13,19-20,33H2,1-6H3/t21?,22?,23-,32?/m0/s1. The lowest BCUT2D eigenvalue weighted by molar-refractivity contribution is -0.148. The van der Waals surface area contributed by atoms with E-state index in [1.54, 1.807) is 51.1 Å². The molecule has 0 aliphatic rings. The second-order valence-corrected chi connectivity index (χ2v) is 10.5. The van der Waals surface area contributed by atoms with Gasteiger partial charge in [-0.3, -0.25) is 4.79 Å². The molecule has 3 unspecified atom stereocenters. The lowest BCUT2D eigenvalue weighted by atomic mass is 9.86. The second kappa shape index (κ2) is 17.7. The first kappa shape index (κ1) is 35.9. The van der Waals surface area contributed by atoms with E-state index in [2.05, 4.69) is 0 Å². The molecule has 12 nitrogen and oxygen atoms in total. The van der Waals surface area contributed by atoms with Crippen LogP contribution in [0.2, 0.25) is 0 Å². The van der Waals surface area contributed by atoms with Crippen molar-refractivity contribution in [3.63, 3.8) is 0 Å². The fraction of sp³-hybridized carbons (Fsp3) is 0.500. The third-order valence-corrected chi connectivity index (χ3v) is 6.38. The molecule has 0 saturated heterocycles. The maximum atomic E-state index is 12.9. The number of ether oxygens (including phenoxy) is 7. The minimum atomic E-state index is -1.68. The smallest absolute Gasteiger partial charge is 0.468 e. The lowest BCUT2D eigenvalue weighted by Gasteiger charge is -2.29. The van der Waals surface area contributed by atoms with Gasteiger partial charge in [-0.25, -0.2) is 14.4 Å². The zero-order chi connectivity index (χ0) is 32.7. The van der Waals surface area contributed by atoms with Crippen molar-refractivity contribution in [1.82, 2.24) is 0 Å². The van der Waals surface area contributed by atoms with Gasteiger partial charge in [0, 0.05) is 12.8 Å². The molecule has 0 amide bonds. The van der Waals surface area contributed by atoms with Crippen molar-refractivity contribution < 1.29 is 52.3 Å². The largest absolute Gasteiger partial charge is 0.514 e. The van der Waals surface area contributed by atoms with Crippen LogP contribution in [0, 0.1) is 0 Å². The molecule has 0 heterocycles. The van der Waals surface area contributed by atoms with Crippen molar-refractivity contribution in [3.05, 3.63) is 54.1 Å². The monoisotopic (exact) mass is 617 g/mol. The maximum Gasteiger partial charge on any atom is 0.514 e. The summed E-state index contributed by atoms with van der Waals surface area (Å²) in [5.41, 5.74) is 5.26. The van der Waals surface area contributed by atoms with Gasteiger partial charge in [0.2, 0.25) is 0 Å². The van der Waals surface area contributed by atoms with Crippen LogP contribution in [0.3, 0.4) is 0 Å². The molecule has 0 bridgehead atoms. The Morgan fingerprint density at radius 2 is 1.25 bits per heavy atom. The predicted octanol–water partition coefficient (Wildman–Crippen LogP) is 6.50. The average molecular weight is 618 g/mol. The highest BCUT2D eigenvalue weighted by Gasteiger charge is 2.38. The normalized spacial score (nSPS) is 14.2. The number of nitrogens with two attached hydrogens (primary N) is 1. The van der Waals surface area contributed by atoms with E-state index in [0.717, 1.165) is 12.8 Å². The summed E-state index contributed by atoms with van der Waals surface area (Å²) in [4.78, 5) is 50.1. The van der Waals surface area contributed by atoms with Gasteiger partial charge < -0.3 is 38.9 Å². The van der Waals surface area contributed by atoms with E-state index < -0.39 is 42.2 Å². The zero-order valence-corrected chi connectivity index (χ0v) is 26.2. The second-order valence-electron chi connectivity index (χ2n) is 10.5. The van der Waals surface area contributed by atoms with Crippen molar-refractivity contribution in [2.24, 2.45) is 5.73 Å². The van der Waals surface area contributed by atoms with Gasteiger partial charge >= 0.3 is 24.4 Å². The number of hydrogen-bond acceptors (Lipinski definition) is 12. The van der Waals surface area contributed by atoms with Crippen LogP contribution in [-0.4, -0.2) is 55.4 Å². The van der Waals surface area contributed by atoms with E-state index in [9.17, 15) is 19.2 Å². The Labute approximate surface area is 258 Å². The average Bonchev–Trinajstić information content (AvgIpc) is 2.94. The van der Waals surface area contributed by atoms with Gasteiger partial charge in [0.05, 0.1) is 7.11 Å². The number of benzene rings is 2. The van der Waals surface area contributed by atoms with Crippen LogP contribution in [0.1, 0.15) is 72.3 Å². The van der Waals surface area contributed by atoms with E-state index in [1.165, 1.54) is 25.3 Å². The van der Waals surface area contributed by atoms with Crippen molar-refractivity contribution in [1.29, 1.82) is 0 Å². The Bertz CT molecular complexity index is 1240. The molecule has 242 valence electrons. The Hall–Kier alpha value is -4.32. The van der Waals surface area contributed by atoms with Crippen LogP contribution in [-0.2, 0) is 30.2 Å². The summed E-state index contributed by atoms with van der Waals surface area (Å²) < 4.78 is 36.7.